The molecular formula is C21H32N3O8P. The van der Waals surface area contributed by atoms with Gasteiger partial charge in [-0.15, -0.1) is 0 Å². The van der Waals surface area contributed by atoms with Crippen LogP contribution in [0.4, 0.5) is 0 Å². The monoisotopic (exact) mass is 485 g/mol. The van der Waals surface area contributed by atoms with Gasteiger partial charge in [0.25, 0.3) is 5.56 Å². The van der Waals surface area contributed by atoms with Crippen LogP contribution in [-0.2, 0) is 13.8 Å². The van der Waals surface area contributed by atoms with Crippen molar-refractivity contribution in [1.82, 2.24) is 15.0 Å². The summed E-state index contributed by atoms with van der Waals surface area (Å²) in [5, 5.41) is 29.9. The van der Waals surface area contributed by atoms with Crippen molar-refractivity contribution >= 4 is 7.60 Å². The summed E-state index contributed by atoms with van der Waals surface area (Å²) >= 11 is 0. The maximum atomic E-state index is 12.9. The zero-order valence-electron chi connectivity index (χ0n) is 19.1. The van der Waals surface area contributed by atoms with Gasteiger partial charge in [0.15, 0.2) is 11.2 Å². The van der Waals surface area contributed by atoms with Crippen molar-refractivity contribution in [2.24, 2.45) is 0 Å². The van der Waals surface area contributed by atoms with E-state index in [0.717, 1.165) is 0 Å². The third-order valence-electron chi connectivity index (χ3n) is 6.56. The van der Waals surface area contributed by atoms with Crippen LogP contribution in [0.2, 0.25) is 0 Å². The van der Waals surface area contributed by atoms with Gasteiger partial charge in [0.2, 0.25) is 0 Å². The first-order valence-electron chi connectivity index (χ1n) is 11.0. The van der Waals surface area contributed by atoms with Gasteiger partial charge in [-0.25, -0.2) is 0 Å². The summed E-state index contributed by atoms with van der Waals surface area (Å²) in [6.45, 7) is 6.49. The van der Waals surface area contributed by atoms with E-state index in [9.17, 15) is 29.6 Å². The number of H-pyrrole nitrogens is 1. The highest BCUT2D eigenvalue weighted by Gasteiger charge is 2.51. The minimum absolute atomic E-state index is 0.0210. The second kappa shape index (κ2) is 9.50. The van der Waals surface area contributed by atoms with Crippen LogP contribution in [0.25, 0.3) is 11.5 Å². The Balaban J connectivity index is 1.85. The van der Waals surface area contributed by atoms with Gasteiger partial charge >= 0.3 is 7.60 Å². The van der Waals surface area contributed by atoms with E-state index in [1.165, 1.54) is 18.5 Å². The van der Waals surface area contributed by atoms with E-state index >= 15 is 0 Å². The minimum Gasteiger partial charge on any atom is -0.388 e. The molecular weight excluding hydrogens is 453 g/mol. The fourth-order valence-corrected chi connectivity index (χ4v) is 5.79. The molecule has 184 valence electrons. The lowest BCUT2D eigenvalue weighted by Crippen LogP contribution is -2.40. The molecule has 3 aliphatic rings. The molecule has 0 aliphatic carbocycles. The van der Waals surface area contributed by atoms with E-state index in [2.05, 4.69) is 15.0 Å². The molecule has 0 saturated carbocycles. The van der Waals surface area contributed by atoms with Crippen LogP contribution < -0.4 is 5.56 Å². The van der Waals surface area contributed by atoms with Gasteiger partial charge in [0.05, 0.1) is 17.3 Å². The van der Waals surface area contributed by atoms with Gasteiger partial charge in [-0.1, -0.05) is 20.8 Å². The van der Waals surface area contributed by atoms with Crippen molar-refractivity contribution in [3.63, 3.8) is 0 Å². The lowest BCUT2D eigenvalue weighted by atomic mass is 9.92. The molecule has 3 rings (SSSR count). The molecule has 6 atom stereocenters. The number of aromatic nitrogens is 3. The zero-order chi connectivity index (χ0) is 24.6. The Kier molecular flexibility index (Phi) is 7.45. The highest BCUT2D eigenvalue weighted by atomic mass is 31.2. The number of pyridine rings is 1. The summed E-state index contributed by atoms with van der Waals surface area (Å²) in [5.74, 6) is 0.279. The third kappa shape index (κ3) is 4.90. The molecule has 33 heavy (non-hydrogen) atoms. The number of nitrogens with one attached hydrogen (secondary N) is 1. The largest absolute Gasteiger partial charge is 0.388 e. The molecule has 0 aromatic heterocycles. The van der Waals surface area contributed by atoms with Crippen molar-refractivity contribution in [3.05, 3.63) is 34.4 Å². The predicted molar refractivity (Wildman–Crippen MR) is 119 cm³/mol. The van der Waals surface area contributed by atoms with Crippen LogP contribution in [0, 0.1) is 0 Å². The van der Waals surface area contributed by atoms with Gasteiger partial charge < -0.3 is 34.5 Å². The molecule has 3 aliphatic heterocycles. The Morgan fingerprint density at radius 2 is 1.88 bits per heavy atom. The Bertz CT molecular complexity index is 1040. The van der Waals surface area contributed by atoms with Gasteiger partial charge in [0.1, 0.15) is 24.0 Å². The Hall–Kier alpha value is -1.72. The predicted octanol–water partition coefficient (Wildman–Crippen LogP) is 1.70. The van der Waals surface area contributed by atoms with E-state index in [4.69, 9.17) is 9.26 Å². The molecule has 1 saturated heterocycles. The molecule has 0 spiro atoms. The third-order valence-corrected chi connectivity index (χ3v) is 8.93. The molecule has 0 aromatic carbocycles. The quantitative estimate of drug-likeness (QED) is 0.329. The lowest BCUT2D eigenvalue weighted by molar-refractivity contribution is -0.0545. The van der Waals surface area contributed by atoms with Crippen LogP contribution in [0.1, 0.15) is 65.0 Å². The molecule has 1 fully saturated rings. The van der Waals surface area contributed by atoms with Gasteiger partial charge in [0, 0.05) is 18.8 Å². The summed E-state index contributed by atoms with van der Waals surface area (Å²) < 4.78 is 24.4. The number of fused-ring (bicyclic) bond motifs is 1. The van der Waals surface area contributed by atoms with Crippen molar-refractivity contribution in [2.45, 2.75) is 88.7 Å². The number of nitrogens with zero attached hydrogens (tertiary/aromatic N) is 2. The maximum Gasteiger partial charge on any atom is 0.359 e. The smallest absolute Gasteiger partial charge is 0.359 e. The summed E-state index contributed by atoms with van der Waals surface area (Å²) in [6.07, 6.45) is -1.72. The van der Waals surface area contributed by atoms with E-state index < -0.39 is 48.5 Å². The Labute approximate surface area is 191 Å². The molecule has 0 aromatic rings. The van der Waals surface area contributed by atoms with E-state index in [0.29, 0.717) is 5.69 Å². The first-order valence-corrected chi connectivity index (χ1v) is 12.6. The molecule has 0 radical (unpaired) electrons. The van der Waals surface area contributed by atoms with Crippen LogP contribution >= 0.6 is 7.60 Å². The van der Waals surface area contributed by atoms with E-state index in [1.54, 1.807) is 27.7 Å². The van der Waals surface area contributed by atoms with Crippen molar-refractivity contribution in [3.8, 4) is 11.5 Å². The fraction of sp³-hybridized carbons (Fsp3) is 0.667. The molecule has 0 amide bonds. The van der Waals surface area contributed by atoms with Crippen molar-refractivity contribution < 1.29 is 34.0 Å². The second-order valence-corrected chi connectivity index (χ2v) is 10.8. The number of aromatic amines is 1. The first-order chi connectivity index (χ1) is 15.4. The molecule has 3 heterocycles. The van der Waals surface area contributed by atoms with Crippen LogP contribution in [0.3, 0.4) is 0 Å². The van der Waals surface area contributed by atoms with Crippen LogP contribution in [-0.4, -0.2) is 64.4 Å². The summed E-state index contributed by atoms with van der Waals surface area (Å²) in [5.41, 5.74) is -1.46. The number of hydrogen-bond acceptors (Lipinski definition) is 9. The highest BCUT2D eigenvalue weighted by Crippen LogP contribution is 2.60. The Morgan fingerprint density at radius 3 is 2.48 bits per heavy atom. The average Bonchev–Trinajstić information content (AvgIpc) is 3.05. The van der Waals surface area contributed by atoms with Crippen molar-refractivity contribution in [1.29, 1.82) is 0 Å². The topological polar surface area (TPSA) is 175 Å². The molecule has 11 nitrogen and oxygen atoms in total. The number of aliphatic hydroxyl groups is 3. The minimum atomic E-state index is -4.47. The Morgan fingerprint density at radius 1 is 1.21 bits per heavy atom. The zero-order valence-corrected chi connectivity index (χ0v) is 20.0. The summed E-state index contributed by atoms with van der Waals surface area (Å²) in [6, 6.07) is 1.45. The van der Waals surface area contributed by atoms with Crippen LogP contribution in [0.15, 0.2) is 23.3 Å². The second-order valence-electron chi connectivity index (χ2n) is 8.72. The fourth-order valence-electron chi connectivity index (χ4n) is 4.02. The maximum absolute atomic E-state index is 12.9. The van der Waals surface area contributed by atoms with Crippen LogP contribution in [0.5, 0.6) is 0 Å². The van der Waals surface area contributed by atoms with Crippen molar-refractivity contribution in [2.75, 3.05) is 0 Å². The van der Waals surface area contributed by atoms with Gasteiger partial charge in [-0.2, -0.15) is 4.98 Å². The SMILES string of the molecule is CCC(C)(C[C@H]1O[C@@H](c2cc3ncc[nH]c-3nc2=O)[C@@H](O)C1O)OP(=O)(O)C(O)(CC)CC. The molecule has 0 bridgehead atoms. The van der Waals surface area contributed by atoms with E-state index in [1.807, 2.05) is 0 Å². The lowest BCUT2D eigenvalue weighted by Gasteiger charge is -2.38. The number of aliphatic hydroxyl groups excluding tert-OH is 2. The first kappa shape index (κ1) is 25.9. The average molecular weight is 485 g/mol. The molecule has 12 heteroatoms. The number of ether oxygens (including phenoxy) is 1. The molecule has 5 N–H and O–H groups in total. The normalized spacial score (nSPS) is 27.4. The molecule has 3 unspecified atom stereocenters. The van der Waals surface area contributed by atoms with Gasteiger partial charge in [-0.3, -0.25) is 14.3 Å². The summed E-state index contributed by atoms with van der Waals surface area (Å²) in [7, 11) is -4.47. The standard InChI is InChI=1S/C21H32N3O8P/c1-5-20(4,32-33(29,30)21(28,6-2)7-3)11-14-15(25)16(26)17(31-14)12-10-13-18(24-19(12)27)23-9-8-22-13/h8-10,14-17,25-26,28H,5-7,11H2,1-4H3,(H,29,30)(H,23,24,27)/t14-,15?,16+,17+,20?/m1/s1. The van der Waals surface area contributed by atoms with Gasteiger partial charge in [-0.05, 0) is 32.3 Å². The number of rotatable bonds is 9. The van der Waals surface area contributed by atoms with E-state index in [-0.39, 0.29) is 37.1 Å². The summed E-state index contributed by atoms with van der Waals surface area (Å²) in [4.78, 5) is 33.9. The highest BCUT2D eigenvalue weighted by molar-refractivity contribution is 7.54. The number of hydrogen-bond donors (Lipinski definition) is 5.